The zero-order valence-corrected chi connectivity index (χ0v) is 7.36. The standard InChI is InChI=1S/C10H9N3/c1-13-7-12-10-8(5-6-11)3-2-4-9(10)13/h2-4,7H,5H2,1H3. The van der Waals surface area contributed by atoms with Crippen LogP contribution in [0.3, 0.4) is 0 Å². The topological polar surface area (TPSA) is 41.6 Å². The van der Waals surface area contributed by atoms with Gasteiger partial charge < -0.3 is 4.57 Å². The predicted molar refractivity (Wildman–Crippen MR) is 50.0 cm³/mol. The highest BCUT2D eigenvalue weighted by molar-refractivity contribution is 5.79. The Bertz CT molecular complexity index is 476. The molecule has 0 saturated carbocycles. The van der Waals surface area contributed by atoms with E-state index in [1.54, 1.807) is 6.33 Å². The Morgan fingerprint density at radius 2 is 2.38 bits per heavy atom. The van der Waals surface area contributed by atoms with E-state index in [4.69, 9.17) is 5.26 Å². The van der Waals surface area contributed by atoms with Crippen molar-refractivity contribution in [3.05, 3.63) is 30.1 Å². The molecule has 0 saturated heterocycles. The maximum absolute atomic E-state index is 8.60. The molecule has 0 aliphatic heterocycles. The molecule has 2 rings (SSSR count). The van der Waals surface area contributed by atoms with E-state index in [9.17, 15) is 0 Å². The van der Waals surface area contributed by atoms with E-state index in [-0.39, 0.29) is 0 Å². The van der Waals surface area contributed by atoms with Crippen molar-refractivity contribution in [3.8, 4) is 6.07 Å². The summed E-state index contributed by atoms with van der Waals surface area (Å²) >= 11 is 0. The van der Waals surface area contributed by atoms with E-state index >= 15 is 0 Å². The number of para-hydroxylation sites is 1. The molecule has 0 spiro atoms. The van der Waals surface area contributed by atoms with Gasteiger partial charge in [-0.3, -0.25) is 0 Å². The van der Waals surface area contributed by atoms with Crippen LogP contribution < -0.4 is 0 Å². The number of aromatic nitrogens is 2. The van der Waals surface area contributed by atoms with E-state index in [2.05, 4.69) is 11.1 Å². The van der Waals surface area contributed by atoms with Gasteiger partial charge in [0.1, 0.15) is 0 Å². The first kappa shape index (κ1) is 7.81. The fourth-order valence-corrected chi connectivity index (χ4v) is 1.45. The van der Waals surface area contributed by atoms with Crippen molar-refractivity contribution in [2.45, 2.75) is 6.42 Å². The lowest BCUT2D eigenvalue weighted by Crippen LogP contribution is -1.86. The number of nitrogens with zero attached hydrogens (tertiary/aromatic N) is 3. The molecule has 2 aromatic rings. The minimum absolute atomic E-state index is 0.425. The summed E-state index contributed by atoms with van der Waals surface area (Å²) in [5.74, 6) is 0. The summed E-state index contributed by atoms with van der Waals surface area (Å²) in [7, 11) is 1.95. The van der Waals surface area contributed by atoms with Crippen LogP contribution in [0.25, 0.3) is 11.0 Å². The maximum atomic E-state index is 8.60. The molecular formula is C10H9N3. The molecule has 1 aromatic heterocycles. The molecule has 13 heavy (non-hydrogen) atoms. The van der Waals surface area contributed by atoms with Gasteiger partial charge in [0.25, 0.3) is 0 Å². The van der Waals surface area contributed by atoms with Crippen LogP contribution >= 0.6 is 0 Å². The molecule has 0 fully saturated rings. The lowest BCUT2D eigenvalue weighted by Gasteiger charge is -1.97. The fraction of sp³-hybridized carbons (Fsp3) is 0.200. The number of benzene rings is 1. The molecule has 0 unspecified atom stereocenters. The minimum atomic E-state index is 0.425. The average molecular weight is 171 g/mol. The second-order valence-electron chi connectivity index (χ2n) is 2.98. The summed E-state index contributed by atoms with van der Waals surface area (Å²) in [5, 5.41) is 8.60. The molecule has 1 aromatic carbocycles. The molecule has 0 atom stereocenters. The lowest BCUT2D eigenvalue weighted by molar-refractivity contribution is 0.948. The van der Waals surface area contributed by atoms with Crippen molar-refractivity contribution in [1.29, 1.82) is 5.26 Å². The molecule has 0 radical (unpaired) electrons. The number of fused-ring (bicyclic) bond motifs is 1. The molecule has 1 heterocycles. The number of imidazole rings is 1. The third-order valence-corrected chi connectivity index (χ3v) is 2.11. The number of hydrogen-bond donors (Lipinski definition) is 0. The molecular weight excluding hydrogens is 162 g/mol. The van der Waals surface area contributed by atoms with Crippen molar-refractivity contribution in [1.82, 2.24) is 9.55 Å². The van der Waals surface area contributed by atoms with Gasteiger partial charge in [-0.05, 0) is 11.6 Å². The Hall–Kier alpha value is -1.82. The van der Waals surface area contributed by atoms with Crippen LogP contribution in [0.4, 0.5) is 0 Å². The Kier molecular flexibility index (Phi) is 1.75. The first-order valence-corrected chi connectivity index (χ1v) is 4.09. The van der Waals surface area contributed by atoms with E-state index in [0.717, 1.165) is 16.6 Å². The quantitative estimate of drug-likeness (QED) is 0.654. The Labute approximate surface area is 76.2 Å². The SMILES string of the molecule is Cn1cnc2c(CC#N)cccc21. The van der Waals surface area contributed by atoms with E-state index in [1.165, 1.54) is 0 Å². The molecule has 3 heteroatoms. The third kappa shape index (κ3) is 1.17. The van der Waals surface area contributed by atoms with Gasteiger partial charge in [0.05, 0.1) is 29.9 Å². The smallest absolute Gasteiger partial charge is 0.0955 e. The van der Waals surface area contributed by atoms with Crippen molar-refractivity contribution in [2.75, 3.05) is 0 Å². The molecule has 0 bridgehead atoms. The molecule has 0 amide bonds. The molecule has 64 valence electrons. The van der Waals surface area contributed by atoms with Crippen LogP contribution in [0.1, 0.15) is 5.56 Å². The van der Waals surface area contributed by atoms with E-state index < -0.39 is 0 Å². The number of hydrogen-bond acceptors (Lipinski definition) is 2. The fourth-order valence-electron chi connectivity index (χ4n) is 1.45. The van der Waals surface area contributed by atoms with E-state index in [1.807, 2.05) is 29.8 Å². The minimum Gasteiger partial charge on any atom is -0.334 e. The Morgan fingerprint density at radius 3 is 3.15 bits per heavy atom. The van der Waals surface area contributed by atoms with Crippen LogP contribution in [0.15, 0.2) is 24.5 Å². The second-order valence-corrected chi connectivity index (χ2v) is 2.98. The number of aryl methyl sites for hydroxylation is 1. The largest absolute Gasteiger partial charge is 0.334 e. The van der Waals surface area contributed by atoms with Gasteiger partial charge in [-0.1, -0.05) is 12.1 Å². The molecule has 0 N–H and O–H groups in total. The third-order valence-electron chi connectivity index (χ3n) is 2.11. The van der Waals surface area contributed by atoms with Gasteiger partial charge in [0.15, 0.2) is 0 Å². The highest BCUT2D eigenvalue weighted by Gasteiger charge is 2.03. The monoisotopic (exact) mass is 171 g/mol. The highest BCUT2D eigenvalue weighted by atomic mass is 15.0. The van der Waals surface area contributed by atoms with Gasteiger partial charge >= 0.3 is 0 Å². The molecule has 0 aliphatic carbocycles. The maximum Gasteiger partial charge on any atom is 0.0955 e. The Morgan fingerprint density at radius 1 is 1.54 bits per heavy atom. The van der Waals surface area contributed by atoms with Gasteiger partial charge in [0.2, 0.25) is 0 Å². The first-order valence-electron chi connectivity index (χ1n) is 4.09. The average Bonchev–Trinajstić information content (AvgIpc) is 2.50. The van der Waals surface area contributed by atoms with Gasteiger partial charge in [-0.25, -0.2) is 4.98 Å². The summed E-state index contributed by atoms with van der Waals surface area (Å²) in [6.07, 6.45) is 2.19. The van der Waals surface area contributed by atoms with Gasteiger partial charge in [-0.15, -0.1) is 0 Å². The van der Waals surface area contributed by atoms with Crippen molar-refractivity contribution < 1.29 is 0 Å². The van der Waals surface area contributed by atoms with Crippen LogP contribution in [0.2, 0.25) is 0 Å². The van der Waals surface area contributed by atoms with Crippen molar-refractivity contribution in [3.63, 3.8) is 0 Å². The summed E-state index contributed by atoms with van der Waals surface area (Å²) in [6.45, 7) is 0. The zero-order valence-electron chi connectivity index (χ0n) is 7.36. The zero-order chi connectivity index (χ0) is 9.26. The van der Waals surface area contributed by atoms with Crippen molar-refractivity contribution >= 4 is 11.0 Å². The number of rotatable bonds is 1. The molecule has 0 aliphatic rings. The normalized spacial score (nSPS) is 10.2. The van der Waals surface area contributed by atoms with Crippen LogP contribution in [0, 0.1) is 11.3 Å². The summed E-state index contributed by atoms with van der Waals surface area (Å²) in [5.41, 5.74) is 3.01. The summed E-state index contributed by atoms with van der Waals surface area (Å²) in [4.78, 5) is 4.25. The van der Waals surface area contributed by atoms with E-state index in [0.29, 0.717) is 6.42 Å². The van der Waals surface area contributed by atoms with Gasteiger partial charge in [-0.2, -0.15) is 5.26 Å². The lowest BCUT2D eigenvalue weighted by atomic mass is 10.1. The van der Waals surface area contributed by atoms with Crippen LogP contribution in [-0.4, -0.2) is 9.55 Å². The summed E-state index contributed by atoms with van der Waals surface area (Å²) in [6, 6.07) is 8.04. The predicted octanol–water partition coefficient (Wildman–Crippen LogP) is 1.64. The molecule has 3 nitrogen and oxygen atoms in total. The van der Waals surface area contributed by atoms with Crippen molar-refractivity contribution in [2.24, 2.45) is 7.05 Å². The number of nitriles is 1. The second kappa shape index (κ2) is 2.91. The summed E-state index contributed by atoms with van der Waals surface area (Å²) < 4.78 is 1.95. The van der Waals surface area contributed by atoms with Crippen LogP contribution in [0.5, 0.6) is 0 Å². The van der Waals surface area contributed by atoms with Gasteiger partial charge in [0, 0.05) is 7.05 Å². The van der Waals surface area contributed by atoms with Crippen LogP contribution in [-0.2, 0) is 13.5 Å². The first-order chi connectivity index (χ1) is 6.33. The highest BCUT2D eigenvalue weighted by Crippen LogP contribution is 2.16. The Balaban J connectivity index is 2.71.